The lowest BCUT2D eigenvalue weighted by molar-refractivity contribution is 0.510. The predicted molar refractivity (Wildman–Crippen MR) is 88.5 cm³/mol. The van der Waals surface area contributed by atoms with E-state index in [1.165, 1.54) is 16.8 Å². The fraction of sp³-hybridized carbons (Fsp3) is 0.500. The summed E-state index contributed by atoms with van der Waals surface area (Å²) in [7, 11) is 0. The van der Waals surface area contributed by atoms with Gasteiger partial charge in [0.05, 0.1) is 11.7 Å². The molecule has 0 radical (unpaired) electrons. The van der Waals surface area contributed by atoms with Crippen LogP contribution in [0.2, 0.25) is 0 Å². The summed E-state index contributed by atoms with van der Waals surface area (Å²) in [5, 5.41) is 8.19. The van der Waals surface area contributed by atoms with Gasteiger partial charge in [0, 0.05) is 12.7 Å². The van der Waals surface area contributed by atoms with Crippen LogP contribution in [0.3, 0.4) is 0 Å². The van der Waals surface area contributed by atoms with Crippen molar-refractivity contribution in [1.29, 1.82) is 0 Å². The summed E-state index contributed by atoms with van der Waals surface area (Å²) < 4.78 is 2.14. The van der Waals surface area contributed by atoms with Gasteiger partial charge >= 0.3 is 0 Å². The van der Waals surface area contributed by atoms with Crippen LogP contribution in [0.5, 0.6) is 0 Å². The molecule has 21 heavy (non-hydrogen) atoms. The largest absolute Gasteiger partial charge is 0.305 e. The molecule has 1 aromatic carbocycles. The Hall–Kier alpha value is -1.61. The summed E-state index contributed by atoms with van der Waals surface area (Å²) in [5.41, 5.74) is 4.06. The number of aryl methyl sites for hydroxylation is 2. The Kier molecular flexibility index (Phi) is 6.00. The minimum absolute atomic E-state index is 0.232. The van der Waals surface area contributed by atoms with Gasteiger partial charge in [-0.15, -0.1) is 0 Å². The highest BCUT2D eigenvalue weighted by atomic mass is 15.3. The highest BCUT2D eigenvalue weighted by molar-refractivity contribution is 5.35. The molecule has 0 saturated carbocycles. The van der Waals surface area contributed by atoms with Crippen molar-refractivity contribution >= 4 is 0 Å². The van der Waals surface area contributed by atoms with Crippen molar-refractivity contribution in [3.05, 3.63) is 53.3 Å². The van der Waals surface area contributed by atoms with Gasteiger partial charge < -0.3 is 5.32 Å². The Morgan fingerprint density at radius 2 is 1.90 bits per heavy atom. The zero-order valence-corrected chi connectivity index (χ0v) is 13.5. The van der Waals surface area contributed by atoms with Gasteiger partial charge in [-0.05, 0) is 43.0 Å². The molecule has 1 atom stereocenters. The molecular formula is C18H27N3. The standard InChI is InChI=1S/C18H27N3/c1-4-12-19-18(16-10-8-7-9-15(16)6-3)17-11-13-20-21(17)14-5-2/h7-11,13,18-19H,4-6,12,14H2,1-3H3. The number of benzene rings is 1. The summed E-state index contributed by atoms with van der Waals surface area (Å²) in [6.45, 7) is 8.61. The van der Waals surface area contributed by atoms with E-state index in [9.17, 15) is 0 Å². The van der Waals surface area contributed by atoms with Crippen LogP contribution >= 0.6 is 0 Å². The van der Waals surface area contributed by atoms with Crippen LogP contribution < -0.4 is 5.32 Å². The molecule has 0 fully saturated rings. The maximum absolute atomic E-state index is 4.49. The summed E-state index contributed by atoms with van der Waals surface area (Å²) in [5.74, 6) is 0. The van der Waals surface area contributed by atoms with E-state index in [1.54, 1.807) is 0 Å². The lowest BCUT2D eigenvalue weighted by Crippen LogP contribution is -2.26. The number of nitrogens with one attached hydrogen (secondary N) is 1. The number of hydrogen-bond donors (Lipinski definition) is 1. The Balaban J connectivity index is 2.40. The van der Waals surface area contributed by atoms with Crippen molar-refractivity contribution in [2.75, 3.05) is 6.54 Å². The van der Waals surface area contributed by atoms with Crippen molar-refractivity contribution in [3.63, 3.8) is 0 Å². The van der Waals surface area contributed by atoms with Crippen LogP contribution in [0.4, 0.5) is 0 Å². The third-order valence-corrected chi connectivity index (χ3v) is 3.83. The Morgan fingerprint density at radius 1 is 1.10 bits per heavy atom. The lowest BCUT2D eigenvalue weighted by Gasteiger charge is -2.23. The van der Waals surface area contributed by atoms with Gasteiger partial charge in [-0.2, -0.15) is 5.10 Å². The second kappa shape index (κ2) is 7.99. The van der Waals surface area contributed by atoms with Gasteiger partial charge in [-0.25, -0.2) is 0 Å². The first-order valence-corrected chi connectivity index (χ1v) is 8.14. The molecule has 0 spiro atoms. The van der Waals surface area contributed by atoms with E-state index in [0.29, 0.717) is 0 Å². The second-order valence-corrected chi connectivity index (χ2v) is 5.42. The van der Waals surface area contributed by atoms with Gasteiger partial charge in [0.25, 0.3) is 0 Å². The van der Waals surface area contributed by atoms with Crippen molar-refractivity contribution < 1.29 is 0 Å². The molecule has 0 aliphatic carbocycles. The van der Waals surface area contributed by atoms with E-state index in [-0.39, 0.29) is 6.04 Å². The predicted octanol–water partition coefficient (Wildman–Crippen LogP) is 3.94. The number of hydrogen-bond acceptors (Lipinski definition) is 2. The van der Waals surface area contributed by atoms with Gasteiger partial charge in [-0.3, -0.25) is 4.68 Å². The number of aromatic nitrogens is 2. The van der Waals surface area contributed by atoms with E-state index >= 15 is 0 Å². The van der Waals surface area contributed by atoms with Crippen molar-refractivity contribution in [1.82, 2.24) is 15.1 Å². The summed E-state index contributed by atoms with van der Waals surface area (Å²) in [6, 6.07) is 11.1. The van der Waals surface area contributed by atoms with Crippen LogP contribution in [0.15, 0.2) is 36.5 Å². The fourth-order valence-electron chi connectivity index (χ4n) is 2.79. The van der Waals surface area contributed by atoms with Crippen LogP contribution in [-0.4, -0.2) is 16.3 Å². The van der Waals surface area contributed by atoms with Crippen molar-refractivity contribution in [2.45, 2.75) is 52.6 Å². The zero-order valence-electron chi connectivity index (χ0n) is 13.5. The topological polar surface area (TPSA) is 29.9 Å². The first-order chi connectivity index (χ1) is 10.3. The zero-order chi connectivity index (χ0) is 15.1. The molecular weight excluding hydrogens is 258 g/mol. The molecule has 3 nitrogen and oxygen atoms in total. The van der Waals surface area contributed by atoms with Crippen molar-refractivity contribution in [3.8, 4) is 0 Å². The minimum Gasteiger partial charge on any atom is -0.305 e. The van der Waals surface area contributed by atoms with Crippen molar-refractivity contribution in [2.24, 2.45) is 0 Å². The van der Waals surface area contributed by atoms with E-state index in [0.717, 1.165) is 32.4 Å². The third kappa shape index (κ3) is 3.73. The van der Waals surface area contributed by atoms with Gasteiger partial charge in [0.1, 0.15) is 0 Å². The molecule has 1 aromatic heterocycles. The van der Waals surface area contributed by atoms with Gasteiger partial charge in [-0.1, -0.05) is 45.0 Å². The molecule has 1 unspecified atom stereocenters. The summed E-state index contributed by atoms with van der Waals surface area (Å²) in [6.07, 6.45) is 5.21. The SMILES string of the molecule is CCCNC(c1ccccc1CC)c1ccnn1CCC. The smallest absolute Gasteiger partial charge is 0.0750 e. The molecule has 1 heterocycles. The van der Waals surface area contributed by atoms with Gasteiger partial charge in [0.15, 0.2) is 0 Å². The monoisotopic (exact) mass is 285 g/mol. The third-order valence-electron chi connectivity index (χ3n) is 3.83. The summed E-state index contributed by atoms with van der Waals surface area (Å²) in [4.78, 5) is 0. The molecule has 0 aliphatic heterocycles. The Labute approximate surface area is 128 Å². The normalized spacial score (nSPS) is 12.5. The molecule has 3 heteroatoms. The molecule has 0 bridgehead atoms. The molecule has 2 rings (SSSR count). The van der Waals surface area contributed by atoms with E-state index in [1.807, 2.05) is 6.20 Å². The Morgan fingerprint density at radius 3 is 2.62 bits per heavy atom. The maximum atomic E-state index is 4.49. The van der Waals surface area contributed by atoms with Crippen LogP contribution in [0.25, 0.3) is 0 Å². The van der Waals surface area contributed by atoms with Gasteiger partial charge in [0.2, 0.25) is 0 Å². The average Bonchev–Trinajstić information content (AvgIpc) is 2.97. The van der Waals surface area contributed by atoms with Crippen LogP contribution in [0, 0.1) is 0 Å². The average molecular weight is 285 g/mol. The molecule has 0 saturated heterocycles. The molecule has 114 valence electrons. The summed E-state index contributed by atoms with van der Waals surface area (Å²) >= 11 is 0. The molecule has 1 N–H and O–H groups in total. The first kappa shape index (κ1) is 15.8. The Bertz CT molecular complexity index is 545. The van der Waals surface area contributed by atoms with E-state index < -0.39 is 0 Å². The minimum atomic E-state index is 0.232. The van der Waals surface area contributed by atoms with E-state index in [2.05, 4.69) is 66.2 Å². The second-order valence-electron chi connectivity index (χ2n) is 5.42. The highest BCUT2D eigenvalue weighted by Gasteiger charge is 2.19. The number of nitrogens with zero attached hydrogens (tertiary/aromatic N) is 2. The van der Waals surface area contributed by atoms with E-state index in [4.69, 9.17) is 0 Å². The first-order valence-electron chi connectivity index (χ1n) is 8.14. The molecule has 0 amide bonds. The highest BCUT2D eigenvalue weighted by Crippen LogP contribution is 2.25. The fourth-order valence-corrected chi connectivity index (χ4v) is 2.79. The number of rotatable bonds is 8. The maximum Gasteiger partial charge on any atom is 0.0750 e. The quantitative estimate of drug-likeness (QED) is 0.796. The molecule has 2 aromatic rings. The molecule has 0 aliphatic rings. The van der Waals surface area contributed by atoms with Crippen LogP contribution in [-0.2, 0) is 13.0 Å². The van der Waals surface area contributed by atoms with Crippen LogP contribution in [0.1, 0.15) is 56.5 Å². The lowest BCUT2D eigenvalue weighted by atomic mass is 9.96.